The van der Waals surface area contributed by atoms with Gasteiger partial charge in [0.2, 0.25) is 0 Å². The van der Waals surface area contributed by atoms with Crippen LogP contribution in [0.2, 0.25) is 0 Å². The summed E-state index contributed by atoms with van der Waals surface area (Å²) >= 11 is 0. The number of carbonyl (C=O) groups is 1. The fourth-order valence-corrected chi connectivity index (χ4v) is 2.59. The van der Waals surface area contributed by atoms with E-state index < -0.39 is 5.97 Å². The Morgan fingerprint density at radius 3 is 2.41 bits per heavy atom. The van der Waals surface area contributed by atoms with Crippen LogP contribution in [0.4, 0.5) is 0 Å². The van der Waals surface area contributed by atoms with Crippen LogP contribution in [0.3, 0.4) is 0 Å². The highest BCUT2D eigenvalue weighted by Crippen LogP contribution is 2.29. The van der Waals surface area contributed by atoms with E-state index in [2.05, 4.69) is 29.1 Å². The molecule has 0 spiro atoms. The maximum Gasteiger partial charge on any atom is 0.335 e. The summed E-state index contributed by atoms with van der Waals surface area (Å²) in [4.78, 5) is 16.9. The Morgan fingerprint density at radius 2 is 1.95 bits per heavy atom. The minimum Gasteiger partial charge on any atom is -0.478 e. The minimum atomic E-state index is -0.879. The fourth-order valence-electron chi connectivity index (χ4n) is 2.59. The van der Waals surface area contributed by atoms with Crippen LogP contribution >= 0.6 is 0 Å². The molecule has 0 saturated carbocycles. The van der Waals surface area contributed by atoms with Gasteiger partial charge in [0.1, 0.15) is 0 Å². The van der Waals surface area contributed by atoms with Crippen molar-refractivity contribution in [3.63, 3.8) is 0 Å². The highest BCUT2D eigenvalue weighted by atomic mass is 16.4. The first-order valence-corrected chi connectivity index (χ1v) is 7.49. The average Bonchev–Trinajstić information content (AvgIpc) is 2.96. The number of hydrogen-bond donors (Lipinski definition) is 1. The number of carboxylic acid groups (broad SMARTS) is 1. The number of benzene rings is 1. The Labute approximate surface area is 131 Å². The van der Waals surface area contributed by atoms with Crippen LogP contribution in [0, 0.1) is 6.92 Å². The van der Waals surface area contributed by atoms with Gasteiger partial charge in [-0.1, -0.05) is 24.3 Å². The molecule has 116 valence electrons. The molecule has 1 saturated heterocycles. The van der Waals surface area contributed by atoms with E-state index >= 15 is 0 Å². The molecule has 0 aliphatic carbocycles. The molecule has 1 atom stereocenters. The van der Waals surface area contributed by atoms with Crippen LogP contribution in [-0.2, 0) is 0 Å². The average molecular weight is 298 g/mol. The first-order valence-electron chi connectivity index (χ1n) is 7.49. The Hall–Kier alpha value is -2.20. The molecule has 2 aromatic rings. The van der Waals surface area contributed by atoms with Crippen molar-refractivity contribution in [1.29, 1.82) is 0 Å². The zero-order chi connectivity index (χ0) is 15.9. The summed E-state index contributed by atoms with van der Waals surface area (Å²) in [6.45, 7) is 3.25. The van der Waals surface area contributed by atoms with Crippen molar-refractivity contribution in [2.24, 2.45) is 0 Å². The highest BCUT2D eigenvalue weighted by molar-refractivity contribution is 5.87. The van der Waals surface area contributed by atoms with Crippen molar-refractivity contribution in [2.45, 2.75) is 25.8 Å². The largest absolute Gasteiger partial charge is 0.478 e. The first kappa shape index (κ1) is 16.2. The van der Waals surface area contributed by atoms with Gasteiger partial charge in [-0.3, -0.25) is 9.88 Å². The second kappa shape index (κ2) is 7.71. The third-order valence-electron chi connectivity index (χ3n) is 3.86. The molecule has 0 bridgehead atoms. The van der Waals surface area contributed by atoms with Gasteiger partial charge >= 0.3 is 5.97 Å². The number of carboxylic acids is 1. The summed E-state index contributed by atoms with van der Waals surface area (Å²) in [6, 6.07) is 13.2. The summed E-state index contributed by atoms with van der Waals surface area (Å²) in [5, 5.41) is 8.38. The number of aromatic carboxylic acids is 1. The number of pyridine rings is 1. The molecule has 4 nitrogen and oxygen atoms in total. The molecule has 1 aromatic heterocycles. The fraction of sp³-hybridized carbons (Fsp3) is 0.333. The van der Waals surface area contributed by atoms with E-state index in [0.29, 0.717) is 11.6 Å². The lowest BCUT2D eigenvalue weighted by molar-refractivity contribution is 0.0697. The van der Waals surface area contributed by atoms with E-state index in [-0.39, 0.29) is 0 Å². The van der Waals surface area contributed by atoms with Crippen molar-refractivity contribution in [2.75, 3.05) is 13.6 Å². The summed E-state index contributed by atoms with van der Waals surface area (Å²) in [6.07, 6.45) is 4.61. The van der Waals surface area contributed by atoms with Gasteiger partial charge in [0.05, 0.1) is 5.56 Å². The van der Waals surface area contributed by atoms with Crippen LogP contribution in [0.25, 0.3) is 0 Å². The molecule has 22 heavy (non-hydrogen) atoms. The van der Waals surface area contributed by atoms with E-state index in [1.54, 1.807) is 30.3 Å². The molecule has 1 aliphatic heterocycles. The van der Waals surface area contributed by atoms with Gasteiger partial charge in [-0.15, -0.1) is 0 Å². The predicted octanol–water partition coefficient (Wildman–Crippen LogP) is 3.54. The van der Waals surface area contributed by atoms with E-state index in [4.69, 9.17) is 5.11 Å². The minimum absolute atomic E-state index is 0.331. The summed E-state index contributed by atoms with van der Waals surface area (Å²) in [5.41, 5.74) is 2.80. The van der Waals surface area contributed by atoms with E-state index in [1.165, 1.54) is 24.9 Å². The normalized spacial score (nSPS) is 17.6. The Bertz CT molecular complexity index is 596. The zero-order valence-electron chi connectivity index (χ0n) is 13.1. The lowest BCUT2D eigenvalue weighted by Gasteiger charge is -2.19. The molecular weight excluding hydrogens is 276 g/mol. The van der Waals surface area contributed by atoms with Gasteiger partial charge in [0.15, 0.2) is 0 Å². The van der Waals surface area contributed by atoms with Crippen LogP contribution in [0.15, 0.2) is 48.7 Å². The quantitative estimate of drug-likeness (QED) is 0.921. The smallest absolute Gasteiger partial charge is 0.335 e. The van der Waals surface area contributed by atoms with Gasteiger partial charge < -0.3 is 5.11 Å². The molecule has 0 amide bonds. The molecular formula is C18H22N2O2. The van der Waals surface area contributed by atoms with Crippen molar-refractivity contribution in [3.05, 3.63) is 65.5 Å². The SMILES string of the molecule is Cc1ccc(C2CCCN2C)cn1.O=C(O)c1ccccc1. The van der Waals surface area contributed by atoms with Crippen molar-refractivity contribution in [3.8, 4) is 0 Å². The number of rotatable bonds is 2. The molecule has 1 aliphatic rings. The maximum atomic E-state index is 10.2. The topological polar surface area (TPSA) is 53.4 Å². The van der Waals surface area contributed by atoms with Crippen molar-refractivity contribution >= 4 is 5.97 Å². The lowest BCUT2D eigenvalue weighted by Crippen LogP contribution is -2.17. The van der Waals surface area contributed by atoms with Crippen LogP contribution in [0.1, 0.15) is 40.5 Å². The van der Waals surface area contributed by atoms with Gasteiger partial charge in [0.25, 0.3) is 0 Å². The first-order chi connectivity index (χ1) is 10.6. The van der Waals surface area contributed by atoms with E-state index in [9.17, 15) is 4.79 Å². The molecule has 1 fully saturated rings. The van der Waals surface area contributed by atoms with Gasteiger partial charge in [0, 0.05) is 17.9 Å². The van der Waals surface area contributed by atoms with Crippen LogP contribution < -0.4 is 0 Å². The van der Waals surface area contributed by atoms with Gasteiger partial charge in [-0.25, -0.2) is 4.79 Å². The number of hydrogen-bond acceptors (Lipinski definition) is 3. The number of aromatic nitrogens is 1. The van der Waals surface area contributed by atoms with Gasteiger partial charge in [-0.2, -0.15) is 0 Å². The predicted molar refractivity (Wildman–Crippen MR) is 87.0 cm³/mol. The molecule has 1 aromatic carbocycles. The van der Waals surface area contributed by atoms with Crippen molar-refractivity contribution in [1.82, 2.24) is 9.88 Å². The molecule has 1 N–H and O–H groups in total. The number of nitrogens with zero attached hydrogens (tertiary/aromatic N) is 2. The molecule has 2 heterocycles. The van der Waals surface area contributed by atoms with Crippen LogP contribution in [0.5, 0.6) is 0 Å². The summed E-state index contributed by atoms with van der Waals surface area (Å²) in [5.74, 6) is -0.879. The zero-order valence-corrected chi connectivity index (χ0v) is 13.1. The Morgan fingerprint density at radius 1 is 1.23 bits per heavy atom. The maximum absolute atomic E-state index is 10.2. The van der Waals surface area contributed by atoms with Crippen LogP contribution in [-0.4, -0.2) is 34.6 Å². The summed E-state index contributed by atoms with van der Waals surface area (Å²) < 4.78 is 0. The molecule has 0 radical (unpaired) electrons. The third-order valence-corrected chi connectivity index (χ3v) is 3.86. The molecule has 1 unspecified atom stereocenters. The monoisotopic (exact) mass is 298 g/mol. The van der Waals surface area contributed by atoms with E-state index in [1.807, 2.05) is 13.1 Å². The Kier molecular flexibility index (Phi) is 5.67. The summed E-state index contributed by atoms with van der Waals surface area (Å²) in [7, 11) is 2.19. The lowest BCUT2D eigenvalue weighted by atomic mass is 10.1. The molecule has 3 rings (SSSR count). The second-order valence-corrected chi connectivity index (χ2v) is 5.54. The Balaban J connectivity index is 0.000000172. The highest BCUT2D eigenvalue weighted by Gasteiger charge is 2.22. The third kappa shape index (κ3) is 4.40. The number of aryl methyl sites for hydroxylation is 1. The second-order valence-electron chi connectivity index (χ2n) is 5.54. The molecule has 4 heteroatoms. The van der Waals surface area contributed by atoms with E-state index in [0.717, 1.165) is 5.69 Å². The van der Waals surface area contributed by atoms with Gasteiger partial charge in [-0.05, 0) is 57.1 Å². The van der Waals surface area contributed by atoms with Crippen molar-refractivity contribution < 1.29 is 9.90 Å². The number of likely N-dealkylation sites (tertiary alicyclic amines) is 1. The standard InChI is InChI=1S/C11H16N2.C7H6O2/c1-9-5-6-10(8-12-9)11-4-3-7-13(11)2;8-7(9)6-4-2-1-3-5-6/h5-6,8,11H,3-4,7H2,1-2H3;1-5H,(H,8,9).